The van der Waals surface area contributed by atoms with Crippen molar-refractivity contribution < 1.29 is 56.7 Å². The van der Waals surface area contributed by atoms with Gasteiger partial charge in [-0.2, -0.15) is 0 Å². The zero-order valence-corrected chi connectivity index (χ0v) is 12.9. The van der Waals surface area contributed by atoms with Gasteiger partial charge in [-0.05, 0) is 43.9 Å². The van der Waals surface area contributed by atoms with Crippen LogP contribution in [0.25, 0.3) is 0 Å². The summed E-state index contributed by atoms with van der Waals surface area (Å²) in [7, 11) is 0. The van der Waals surface area contributed by atoms with Crippen LogP contribution in [0.3, 0.4) is 0 Å². The van der Waals surface area contributed by atoms with Crippen LogP contribution in [0, 0.1) is 28.1 Å². The third-order valence-electron chi connectivity index (χ3n) is 6.11. The van der Waals surface area contributed by atoms with Crippen LogP contribution in [0.1, 0.15) is 32.1 Å². The summed E-state index contributed by atoms with van der Waals surface area (Å²) in [6.45, 7) is 0. The minimum absolute atomic E-state index is 0. The first-order valence-corrected chi connectivity index (χ1v) is 7.07. The van der Waals surface area contributed by atoms with Crippen LogP contribution >= 0.6 is 0 Å². The Kier molecular flexibility index (Phi) is 3.82. The van der Waals surface area contributed by atoms with Gasteiger partial charge in [0, 0.05) is 17.1 Å². The molecule has 4 rings (SSSR count). The van der Waals surface area contributed by atoms with Crippen molar-refractivity contribution >= 4 is 23.9 Å². The van der Waals surface area contributed by atoms with Gasteiger partial charge in [0.05, 0.1) is 10.8 Å². The van der Waals surface area contributed by atoms with E-state index in [-0.39, 0.29) is 54.6 Å². The van der Waals surface area contributed by atoms with E-state index in [2.05, 4.69) is 0 Å². The maximum atomic E-state index is 12.0. The molecule has 23 heavy (non-hydrogen) atoms. The second kappa shape index (κ2) is 4.95. The van der Waals surface area contributed by atoms with Crippen molar-refractivity contribution in [3.05, 3.63) is 0 Å². The van der Waals surface area contributed by atoms with E-state index in [9.17, 15) is 39.6 Å². The van der Waals surface area contributed by atoms with Gasteiger partial charge in [-0.15, -0.1) is 0 Å². The Morgan fingerprint density at radius 1 is 0.652 bits per heavy atom. The first-order valence-electron chi connectivity index (χ1n) is 7.07. The van der Waals surface area contributed by atoms with E-state index in [1.807, 2.05) is 0 Å². The Morgan fingerprint density at radius 3 is 1.17 bits per heavy atom. The number of carboxylic acids is 4. The Bertz CT molecular complexity index is 548. The molecule has 9 heteroatoms. The van der Waals surface area contributed by atoms with E-state index in [4.69, 9.17) is 0 Å². The average molecular weight is 376 g/mol. The molecule has 131 valence electrons. The van der Waals surface area contributed by atoms with Crippen LogP contribution in [-0.4, -0.2) is 44.3 Å². The molecule has 0 saturated heterocycles. The maximum absolute atomic E-state index is 12.0. The topological polar surface area (TPSA) is 149 Å². The summed E-state index contributed by atoms with van der Waals surface area (Å²) in [5, 5.41) is 38.8. The van der Waals surface area contributed by atoms with Crippen molar-refractivity contribution in [2.45, 2.75) is 32.1 Å². The monoisotopic (exact) mass is 375 g/mol. The molecule has 0 spiro atoms. The zero-order chi connectivity index (χ0) is 16.5. The Morgan fingerprint density at radius 2 is 0.957 bits per heavy atom. The van der Waals surface area contributed by atoms with Crippen molar-refractivity contribution in [1.29, 1.82) is 0 Å². The number of rotatable bonds is 4. The van der Waals surface area contributed by atoms with E-state index in [1.54, 1.807) is 0 Å². The summed E-state index contributed by atoms with van der Waals surface area (Å²) < 4.78 is 0. The van der Waals surface area contributed by atoms with Crippen molar-refractivity contribution in [3.63, 3.8) is 0 Å². The summed E-state index contributed by atoms with van der Waals surface area (Å²) in [6, 6.07) is 0. The molecule has 0 aromatic rings. The van der Waals surface area contributed by atoms with Gasteiger partial charge in [-0.1, -0.05) is 0 Å². The van der Waals surface area contributed by atoms with Gasteiger partial charge in [0.25, 0.3) is 0 Å². The summed E-state index contributed by atoms with van der Waals surface area (Å²) >= 11 is 0. The van der Waals surface area contributed by atoms with Crippen LogP contribution in [0.2, 0.25) is 0 Å². The summed E-state index contributed by atoms with van der Waals surface area (Å²) in [6.07, 6.45) is 0.275. The fourth-order valence-electron chi connectivity index (χ4n) is 5.74. The first-order chi connectivity index (χ1) is 10.1. The van der Waals surface area contributed by atoms with Gasteiger partial charge in [0.1, 0.15) is 0 Å². The normalized spacial score (nSPS) is 39.3. The summed E-state index contributed by atoms with van der Waals surface area (Å²) in [5.41, 5.74) is -6.95. The minimum atomic E-state index is -2.83. The molecule has 0 unspecified atom stereocenters. The molecule has 4 saturated carbocycles. The standard InChI is InChI=1S/C14H16O8.Cu/c15-8(16)12-2-6-1-7(4-12)5-13(3-6,9(17)18)14(12,10(19)20)11(21)22;/h6-7H,1-5H2,(H,15,16)(H,17,18)(H,19,20)(H,21,22);. The number of hydrogen-bond acceptors (Lipinski definition) is 4. The Balaban J connectivity index is 0.00000192. The third-order valence-corrected chi connectivity index (χ3v) is 6.11. The maximum Gasteiger partial charge on any atom is 0.323 e. The molecule has 4 aliphatic rings. The van der Waals surface area contributed by atoms with E-state index in [0.29, 0.717) is 6.42 Å². The van der Waals surface area contributed by atoms with Crippen LogP contribution in [-0.2, 0) is 36.2 Å². The van der Waals surface area contributed by atoms with Crippen molar-refractivity contribution in [3.8, 4) is 0 Å². The molecule has 8 nitrogen and oxygen atoms in total. The third kappa shape index (κ3) is 1.67. The van der Waals surface area contributed by atoms with Crippen molar-refractivity contribution in [1.82, 2.24) is 0 Å². The van der Waals surface area contributed by atoms with Gasteiger partial charge in [-0.3, -0.25) is 19.2 Å². The van der Waals surface area contributed by atoms with Gasteiger partial charge < -0.3 is 20.4 Å². The predicted molar refractivity (Wildman–Crippen MR) is 67.9 cm³/mol. The molecule has 0 heterocycles. The fraction of sp³-hybridized carbons (Fsp3) is 0.714. The molecule has 0 aliphatic heterocycles. The van der Waals surface area contributed by atoms with Crippen LogP contribution < -0.4 is 0 Å². The quantitative estimate of drug-likeness (QED) is 0.410. The first kappa shape index (κ1) is 17.7. The summed E-state index contributed by atoms with van der Waals surface area (Å²) in [5.74, 6) is -7.26. The molecule has 0 amide bonds. The largest absolute Gasteiger partial charge is 0.481 e. The molecule has 0 atom stereocenters. The van der Waals surface area contributed by atoms with Gasteiger partial charge >= 0.3 is 23.9 Å². The molecule has 4 N–H and O–H groups in total. The average Bonchev–Trinajstić information content (AvgIpc) is 2.36. The van der Waals surface area contributed by atoms with Crippen LogP contribution in [0.4, 0.5) is 0 Å². The molecule has 4 aliphatic carbocycles. The van der Waals surface area contributed by atoms with Gasteiger partial charge in [0.2, 0.25) is 0 Å². The molecule has 0 aromatic carbocycles. The zero-order valence-electron chi connectivity index (χ0n) is 11.9. The Labute approximate surface area is 141 Å². The van der Waals surface area contributed by atoms with E-state index in [0.717, 1.165) is 0 Å². The van der Waals surface area contributed by atoms with E-state index < -0.39 is 40.1 Å². The predicted octanol–water partition coefficient (Wildman–Crippen LogP) is 0.505. The number of carbonyl (C=O) groups is 4. The van der Waals surface area contributed by atoms with Crippen LogP contribution in [0.15, 0.2) is 0 Å². The van der Waals surface area contributed by atoms with E-state index in [1.165, 1.54) is 0 Å². The molecule has 0 aromatic heterocycles. The van der Waals surface area contributed by atoms with Crippen molar-refractivity contribution in [2.75, 3.05) is 0 Å². The SMILES string of the molecule is O=C(O)C12CC3CC(C1)CC(C(=O)O)(C3)C2(C(=O)O)C(=O)O.[Cu]. The van der Waals surface area contributed by atoms with Gasteiger partial charge in [-0.25, -0.2) is 0 Å². The van der Waals surface area contributed by atoms with E-state index >= 15 is 0 Å². The number of hydrogen-bond donors (Lipinski definition) is 4. The minimum Gasteiger partial charge on any atom is -0.481 e. The molecular formula is C14H16CuO8. The number of carboxylic acid groups (broad SMARTS) is 4. The molecule has 4 fully saturated rings. The van der Waals surface area contributed by atoms with Crippen molar-refractivity contribution in [2.24, 2.45) is 28.1 Å². The Hall–Kier alpha value is -1.60. The second-order valence-electron chi connectivity index (χ2n) is 6.92. The number of aliphatic carboxylic acids is 4. The van der Waals surface area contributed by atoms with Crippen LogP contribution in [0.5, 0.6) is 0 Å². The molecule has 4 bridgehead atoms. The second-order valence-corrected chi connectivity index (χ2v) is 6.92. The summed E-state index contributed by atoms with van der Waals surface area (Å²) in [4.78, 5) is 47.8. The molecular weight excluding hydrogens is 360 g/mol. The molecule has 1 radical (unpaired) electrons. The van der Waals surface area contributed by atoms with Gasteiger partial charge in [0.15, 0.2) is 5.41 Å². The fourth-order valence-corrected chi connectivity index (χ4v) is 5.74. The smallest absolute Gasteiger partial charge is 0.323 e.